The van der Waals surface area contributed by atoms with E-state index < -0.39 is 0 Å². The minimum Gasteiger partial charge on any atom is -0.347 e. The fraction of sp³-hybridized carbons (Fsp3) is 0.615. The number of aromatic nitrogens is 2. The van der Waals surface area contributed by atoms with Crippen LogP contribution in [0.1, 0.15) is 50.9 Å². The molecule has 0 saturated carbocycles. The number of imidazole rings is 1. The highest BCUT2D eigenvalue weighted by Gasteiger charge is 2.11. The van der Waals surface area contributed by atoms with E-state index in [2.05, 4.69) is 28.8 Å². The molecule has 3 heteroatoms. The number of nitrogens with zero attached hydrogens (tertiary/aromatic N) is 1. The molecule has 1 unspecified atom stereocenters. The van der Waals surface area contributed by atoms with Crippen molar-refractivity contribution in [3.63, 3.8) is 0 Å². The predicted molar refractivity (Wildman–Crippen MR) is 68.3 cm³/mol. The second-order valence-corrected chi connectivity index (χ2v) is 4.01. The van der Waals surface area contributed by atoms with Crippen molar-refractivity contribution >= 4 is 0 Å². The molecule has 1 rings (SSSR count). The lowest BCUT2D eigenvalue weighted by Gasteiger charge is -2.15. The molecule has 0 aromatic carbocycles. The largest absolute Gasteiger partial charge is 0.347 e. The van der Waals surface area contributed by atoms with Gasteiger partial charge in [-0.3, -0.25) is 0 Å². The molecule has 1 atom stereocenters. The molecule has 1 heterocycles. The summed E-state index contributed by atoms with van der Waals surface area (Å²) in [5.41, 5.74) is 0. The summed E-state index contributed by atoms with van der Waals surface area (Å²) in [6, 6.07) is 0.378. The molecule has 0 saturated heterocycles. The Labute approximate surface area is 98.4 Å². The van der Waals surface area contributed by atoms with Gasteiger partial charge in [-0.15, -0.1) is 6.58 Å². The van der Waals surface area contributed by atoms with Crippen molar-refractivity contribution in [2.24, 2.45) is 0 Å². The number of nitrogens with one attached hydrogen (secondary N) is 2. The third kappa shape index (κ3) is 4.62. The van der Waals surface area contributed by atoms with Crippen LogP contribution in [-0.4, -0.2) is 16.5 Å². The van der Waals surface area contributed by atoms with Gasteiger partial charge < -0.3 is 10.3 Å². The van der Waals surface area contributed by atoms with Gasteiger partial charge in [0.15, 0.2) is 0 Å². The van der Waals surface area contributed by atoms with Crippen molar-refractivity contribution < 1.29 is 0 Å². The Hall–Kier alpha value is -1.09. The van der Waals surface area contributed by atoms with Crippen LogP contribution in [0.2, 0.25) is 0 Å². The Morgan fingerprint density at radius 3 is 3.00 bits per heavy atom. The molecule has 0 aliphatic carbocycles. The van der Waals surface area contributed by atoms with E-state index in [-0.39, 0.29) is 0 Å². The highest BCUT2D eigenvalue weighted by atomic mass is 15.0. The van der Waals surface area contributed by atoms with E-state index in [0.29, 0.717) is 6.04 Å². The summed E-state index contributed by atoms with van der Waals surface area (Å²) in [7, 11) is 0. The second kappa shape index (κ2) is 8.11. The normalized spacial score (nSPS) is 12.6. The Morgan fingerprint density at radius 1 is 1.50 bits per heavy atom. The standard InChI is InChI=1S/C13H23N3/c1-3-5-6-7-8-9-12(14-4-2)13-15-10-11-16-13/h3,10-12,14H,1,4-9H2,2H3,(H,15,16). The minimum absolute atomic E-state index is 0.378. The fourth-order valence-corrected chi connectivity index (χ4v) is 1.86. The summed E-state index contributed by atoms with van der Waals surface area (Å²) in [5, 5.41) is 3.46. The van der Waals surface area contributed by atoms with E-state index in [1.807, 2.05) is 18.5 Å². The predicted octanol–water partition coefficient (Wildman–Crippen LogP) is 3.20. The second-order valence-electron chi connectivity index (χ2n) is 4.01. The van der Waals surface area contributed by atoms with Gasteiger partial charge in [0.05, 0.1) is 6.04 Å². The Morgan fingerprint density at radius 2 is 2.38 bits per heavy atom. The average Bonchev–Trinajstić information content (AvgIpc) is 2.81. The maximum Gasteiger partial charge on any atom is 0.123 e. The average molecular weight is 221 g/mol. The first-order valence-electron chi connectivity index (χ1n) is 6.22. The van der Waals surface area contributed by atoms with Crippen LogP contribution in [0.15, 0.2) is 25.0 Å². The Bertz CT molecular complexity index is 267. The van der Waals surface area contributed by atoms with Crippen LogP contribution in [0.4, 0.5) is 0 Å². The molecule has 16 heavy (non-hydrogen) atoms. The van der Waals surface area contributed by atoms with E-state index in [1.165, 1.54) is 19.3 Å². The number of unbranched alkanes of at least 4 members (excludes halogenated alkanes) is 3. The van der Waals surface area contributed by atoms with Gasteiger partial charge in [0, 0.05) is 12.4 Å². The summed E-state index contributed by atoms with van der Waals surface area (Å²) < 4.78 is 0. The van der Waals surface area contributed by atoms with Crippen LogP contribution in [0.5, 0.6) is 0 Å². The van der Waals surface area contributed by atoms with Crippen LogP contribution in [0.3, 0.4) is 0 Å². The molecule has 0 spiro atoms. The molecular formula is C13H23N3. The zero-order valence-corrected chi connectivity index (χ0v) is 10.2. The van der Waals surface area contributed by atoms with Crippen molar-refractivity contribution in [1.82, 2.24) is 15.3 Å². The lowest BCUT2D eigenvalue weighted by atomic mass is 10.1. The lowest BCUT2D eigenvalue weighted by Crippen LogP contribution is -2.21. The van der Waals surface area contributed by atoms with Crippen LogP contribution < -0.4 is 5.32 Å². The number of H-pyrrole nitrogens is 1. The minimum atomic E-state index is 0.378. The zero-order valence-electron chi connectivity index (χ0n) is 10.2. The number of rotatable bonds is 9. The summed E-state index contributed by atoms with van der Waals surface area (Å²) in [4.78, 5) is 7.50. The van der Waals surface area contributed by atoms with Gasteiger partial charge in [-0.2, -0.15) is 0 Å². The van der Waals surface area contributed by atoms with Gasteiger partial charge in [-0.25, -0.2) is 4.98 Å². The van der Waals surface area contributed by atoms with Gasteiger partial charge >= 0.3 is 0 Å². The molecule has 1 aromatic heterocycles. The molecular weight excluding hydrogens is 198 g/mol. The van der Waals surface area contributed by atoms with Gasteiger partial charge in [-0.1, -0.05) is 25.8 Å². The number of hydrogen-bond donors (Lipinski definition) is 2. The highest BCUT2D eigenvalue weighted by molar-refractivity contribution is 4.95. The van der Waals surface area contributed by atoms with Crippen molar-refractivity contribution in [2.75, 3.05) is 6.54 Å². The maximum atomic E-state index is 4.32. The third-order valence-electron chi connectivity index (χ3n) is 2.70. The molecule has 0 aliphatic heterocycles. The molecule has 90 valence electrons. The highest BCUT2D eigenvalue weighted by Crippen LogP contribution is 2.16. The topological polar surface area (TPSA) is 40.7 Å². The van der Waals surface area contributed by atoms with Crippen LogP contribution in [-0.2, 0) is 0 Å². The van der Waals surface area contributed by atoms with E-state index in [4.69, 9.17) is 0 Å². The first-order valence-corrected chi connectivity index (χ1v) is 6.22. The molecule has 0 amide bonds. The summed E-state index contributed by atoms with van der Waals surface area (Å²) in [5.74, 6) is 1.06. The summed E-state index contributed by atoms with van der Waals surface area (Å²) >= 11 is 0. The van der Waals surface area contributed by atoms with Gasteiger partial charge in [-0.05, 0) is 25.8 Å². The Kier molecular flexibility index (Phi) is 6.58. The Balaban J connectivity index is 2.26. The monoisotopic (exact) mass is 221 g/mol. The molecule has 1 aromatic rings. The number of allylic oxidation sites excluding steroid dienone is 1. The van der Waals surface area contributed by atoms with Gasteiger partial charge in [0.2, 0.25) is 0 Å². The SMILES string of the molecule is C=CCCCCCC(NCC)c1ncc[nH]1. The quantitative estimate of drug-likeness (QED) is 0.496. The van der Waals surface area contributed by atoms with Gasteiger partial charge in [0.1, 0.15) is 5.82 Å². The van der Waals surface area contributed by atoms with E-state index in [9.17, 15) is 0 Å². The molecule has 0 aliphatic rings. The molecule has 0 bridgehead atoms. The molecule has 2 N–H and O–H groups in total. The van der Waals surface area contributed by atoms with E-state index in [1.54, 1.807) is 0 Å². The maximum absolute atomic E-state index is 4.32. The summed E-state index contributed by atoms with van der Waals surface area (Å²) in [6.45, 7) is 6.85. The van der Waals surface area contributed by atoms with E-state index in [0.717, 1.165) is 25.2 Å². The van der Waals surface area contributed by atoms with Crippen molar-refractivity contribution in [3.8, 4) is 0 Å². The fourth-order valence-electron chi connectivity index (χ4n) is 1.86. The van der Waals surface area contributed by atoms with Crippen LogP contribution in [0.25, 0.3) is 0 Å². The van der Waals surface area contributed by atoms with Crippen LogP contribution >= 0.6 is 0 Å². The number of aromatic amines is 1. The first kappa shape index (κ1) is 13.0. The summed E-state index contributed by atoms with van der Waals surface area (Å²) in [6.07, 6.45) is 11.7. The van der Waals surface area contributed by atoms with Crippen LogP contribution in [0, 0.1) is 0 Å². The van der Waals surface area contributed by atoms with Crippen molar-refractivity contribution in [1.29, 1.82) is 0 Å². The molecule has 0 radical (unpaired) electrons. The molecule has 0 fully saturated rings. The van der Waals surface area contributed by atoms with Crippen molar-refractivity contribution in [2.45, 2.75) is 45.1 Å². The number of hydrogen-bond acceptors (Lipinski definition) is 2. The van der Waals surface area contributed by atoms with Crippen molar-refractivity contribution in [3.05, 3.63) is 30.9 Å². The third-order valence-corrected chi connectivity index (χ3v) is 2.70. The molecule has 3 nitrogen and oxygen atoms in total. The zero-order chi connectivity index (χ0) is 11.6. The lowest BCUT2D eigenvalue weighted by molar-refractivity contribution is 0.467. The van der Waals surface area contributed by atoms with Gasteiger partial charge in [0.25, 0.3) is 0 Å². The smallest absolute Gasteiger partial charge is 0.123 e. The van der Waals surface area contributed by atoms with E-state index >= 15 is 0 Å². The first-order chi connectivity index (χ1) is 7.88.